The van der Waals surface area contributed by atoms with Crippen molar-refractivity contribution in [3.8, 4) is 17.5 Å². The van der Waals surface area contributed by atoms with Gasteiger partial charge in [0, 0.05) is 18.5 Å². The van der Waals surface area contributed by atoms with E-state index >= 15 is 0 Å². The van der Waals surface area contributed by atoms with Crippen molar-refractivity contribution in [3.05, 3.63) is 60.8 Å². The number of carbonyl (C=O) groups is 1. The Morgan fingerprint density at radius 3 is 2.72 bits per heavy atom. The Balaban J connectivity index is 1.49. The number of aryl methyl sites for hydroxylation is 1. The molecule has 0 saturated heterocycles. The molecule has 0 aliphatic heterocycles. The molecule has 9 nitrogen and oxygen atoms in total. The minimum Gasteiger partial charge on any atom is -0.461 e. The van der Waals surface area contributed by atoms with Crippen LogP contribution < -0.4 is 5.32 Å². The molecule has 0 radical (unpaired) electrons. The quantitative estimate of drug-likeness (QED) is 0.609. The van der Waals surface area contributed by atoms with E-state index in [0.29, 0.717) is 23.2 Å². The molecule has 1 amide bonds. The molecule has 4 rings (SSSR count). The first kappa shape index (κ1) is 14.8. The lowest BCUT2D eigenvalue weighted by Crippen LogP contribution is -2.13. The van der Waals surface area contributed by atoms with Crippen molar-refractivity contribution in [2.75, 3.05) is 5.32 Å². The lowest BCUT2D eigenvalue weighted by molar-refractivity contribution is 0.101. The van der Waals surface area contributed by atoms with Crippen molar-refractivity contribution in [2.24, 2.45) is 0 Å². The van der Waals surface area contributed by atoms with Crippen LogP contribution in [0.4, 0.5) is 5.69 Å². The number of amides is 1. The molecule has 4 heterocycles. The van der Waals surface area contributed by atoms with Crippen LogP contribution in [0.25, 0.3) is 17.5 Å². The summed E-state index contributed by atoms with van der Waals surface area (Å²) in [5, 5.41) is 6.40. The van der Waals surface area contributed by atoms with Crippen LogP contribution in [0.3, 0.4) is 0 Å². The fourth-order valence-corrected chi connectivity index (χ4v) is 2.21. The second-order valence-electron chi connectivity index (χ2n) is 5.12. The third-order valence-corrected chi connectivity index (χ3v) is 3.44. The van der Waals surface area contributed by atoms with E-state index in [2.05, 4.69) is 25.4 Å². The monoisotopic (exact) mass is 336 g/mol. The van der Waals surface area contributed by atoms with Crippen LogP contribution in [0.2, 0.25) is 0 Å². The van der Waals surface area contributed by atoms with Crippen molar-refractivity contribution < 1.29 is 13.7 Å². The van der Waals surface area contributed by atoms with Crippen LogP contribution >= 0.6 is 0 Å². The first-order valence-corrected chi connectivity index (χ1v) is 7.35. The highest BCUT2D eigenvalue weighted by Gasteiger charge is 2.15. The zero-order valence-corrected chi connectivity index (χ0v) is 13.1. The van der Waals surface area contributed by atoms with Crippen molar-refractivity contribution in [3.63, 3.8) is 0 Å². The van der Waals surface area contributed by atoms with E-state index in [1.54, 1.807) is 29.1 Å². The van der Waals surface area contributed by atoms with Gasteiger partial charge < -0.3 is 14.3 Å². The maximum atomic E-state index is 12.2. The molecule has 0 aliphatic rings. The van der Waals surface area contributed by atoms with E-state index in [4.69, 9.17) is 8.94 Å². The van der Waals surface area contributed by atoms with Crippen LogP contribution in [-0.2, 0) is 0 Å². The van der Waals surface area contributed by atoms with Gasteiger partial charge in [0.05, 0.1) is 24.3 Å². The first-order valence-electron chi connectivity index (χ1n) is 7.35. The largest absolute Gasteiger partial charge is 0.461 e. The van der Waals surface area contributed by atoms with Crippen LogP contribution in [0, 0.1) is 6.92 Å². The number of carbonyl (C=O) groups excluding carboxylic acids is 1. The number of furan rings is 1. The smallest absolute Gasteiger partial charge is 0.277 e. The van der Waals surface area contributed by atoms with Gasteiger partial charge in [-0.2, -0.15) is 0 Å². The fourth-order valence-electron chi connectivity index (χ4n) is 2.21. The Hall–Kier alpha value is -3.75. The molecular weight excluding hydrogens is 324 g/mol. The third kappa shape index (κ3) is 2.90. The summed E-state index contributed by atoms with van der Waals surface area (Å²) in [5.41, 5.74) is 0.565. The van der Waals surface area contributed by atoms with Gasteiger partial charge in [0.15, 0.2) is 11.5 Å². The molecule has 0 spiro atoms. The number of hydrogen-bond acceptors (Lipinski definition) is 7. The maximum absolute atomic E-state index is 12.2. The van der Waals surface area contributed by atoms with E-state index in [9.17, 15) is 4.79 Å². The average Bonchev–Trinajstić information content (AvgIpc) is 3.36. The predicted molar refractivity (Wildman–Crippen MR) is 86.0 cm³/mol. The Bertz CT molecular complexity index is 1000. The SMILES string of the molecule is Cc1nccn1-c1ncc(NC(=O)c2cc(-c3ccco3)on2)cn1. The molecule has 0 aromatic carbocycles. The van der Waals surface area contributed by atoms with E-state index in [-0.39, 0.29) is 5.69 Å². The molecule has 0 bridgehead atoms. The van der Waals surface area contributed by atoms with Crippen LogP contribution in [0.5, 0.6) is 0 Å². The molecule has 0 fully saturated rings. The minimum absolute atomic E-state index is 0.126. The molecule has 4 aromatic rings. The summed E-state index contributed by atoms with van der Waals surface area (Å²) >= 11 is 0. The van der Waals surface area contributed by atoms with Crippen LogP contribution in [0.15, 0.2) is 58.2 Å². The van der Waals surface area contributed by atoms with Gasteiger partial charge >= 0.3 is 0 Å². The number of nitrogens with zero attached hydrogens (tertiary/aromatic N) is 5. The maximum Gasteiger partial charge on any atom is 0.277 e. The van der Waals surface area contributed by atoms with Crippen molar-refractivity contribution in [1.29, 1.82) is 0 Å². The summed E-state index contributed by atoms with van der Waals surface area (Å²) in [6, 6.07) is 4.93. The fraction of sp³-hybridized carbons (Fsp3) is 0.0625. The highest BCUT2D eigenvalue weighted by atomic mass is 16.5. The highest BCUT2D eigenvalue weighted by molar-refractivity contribution is 6.03. The molecule has 25 heavy (non-hydrogen) atoms. The number of nitrogens with one attached hydrogen (secondary N) is 1. The summed E-state index contributed by atoms with van der Waals surface area (Å²) in [5.74, 6) is 1.67. The second-order valence-corrected chi connectivity index (χ2v) is 5.12. The molecule has 0 saturated carbocycles. The van der Waals surface area contributed by atoms with Crippen molar-refractivity contribution in [1.82, 2.24) is 24.7 Å². The van der Waals surface area contributed by atoms with Crippen molar-refractivity contribution in [2.45, 2.75) is 6.92 Å². The van der Waals surface area contributed by atoms with Gasteiger partial charge in [-0.25, -0.2) is 15.0 Å². The molecule has 4 aromatic heterocycles. The lowest BCUT2D eigenvalue weighted by atomic mass is 10.3. The molecular formula is C16H12N6O3. The summed E-state index contributed by atoms with van der Waals surface area (Å²) in [7, 11) is 0. The molecule has 9 heteroatoms. The van der Waals surface area contributed by atoms with Gasteiger partial charge in [0.2, 0.25) is 11.7 Å². The van der Waals surface area contributed by atoms with Crippen LogP contribution in [0.1, 0.15) is 16.3 Å². The normalized spacial score (nSPS) is 10.8. The molecule has 0 aliphatic carbocycles. The molecule has 124 valence electrons. The van der Waals surface area contributed by atoms with Crippen LogP contribution in [-0.4, -0.2) is 30.6 Å². The Kier molecular flexibility index (Phi) is 3.58. The number of anilines is 1. The number of hydrogen-bond donors (Lipinski definition) is 1. The van der Waals surface area contributed by atoms with E-state index in [0.717, 1.165) is 5.82 Å². The third-order valence-electron chi connectivity index (χ3n) is 3.44. The van der Waals surface area contributed by atoms with Gasteiger partial charge in [-0.15, -0.1) is 0 Å². The molecule has 0 unspecified atom stereocenters. The summed E-state index contributed by atoms with van der Waals surface area (Å²) < 4.78 is 12.0. The highest BCUT2D eigenvalue weighted by Crippen LogP contribution is 2.21. The Morgan fingerprint density at radius 2 is 2.04 bits per heavy atom. The van der Waals surface area contributed by atoms with Gasteiger partial charge in [-0.05, 0) is 19.1 Å². The average molecular weight is 336 g/mol. The Morgan fingerprint density at radius 1 is 1.20 bits per heavy atom. The van der Waals surface area contributed by atoms with E-state index in [1.807, 2.05) is 6.92 Å². The van der Waals surface area contributed by atoms with Crippen molar-refractivity contribution >= 4 is 11.6 Å². The molecule has 1 N–H and O–H groups in total. The lowest BCUT2D eigenvalue weighted by Gasteiger charge is -2.05. The minimum atomic E-state index is -0.434. The number of imidazole rings is 1. The van der Waals surface area contributed by atoms with Gasteiger partial charge in [-0.3, -0.25) is 9.36 Å². The standard InChI is InChI=1S/C16H12N6O3/c1-10-17-4-5-22(10)16-18-8-11(9-19-16)20-15(23)12-7-14(25-21-12)13-3-2-6-24-13/h2-9H,1H3,(H,20,23). The summed E-state index contributed by atoms with van der Waals surface area (Å²) in [6.07, 6.45) is 7.95. The van der Waals surface area contributed by atoms with Gasteiger partial charge in [0.25, 0.3) is 5.91 Å². The predicted octanol–water partition coefficient (Wildman–Crippen LogP) is 2.47. The Labute approximate surface area is 141 Å². The topological polar surface area (TPSA) is 112 Å². The zero-order chi connectivity index (χ0) is 17.2. The zero-order valence-electron chi connectivity index (χ0n) is 13.1. The van der Waals surface area contributed by atoms with E-state index in [1.165, 1.54) is 24.7 Å². The van der Waals surface area contributed by atoms with E-state index < -0.39 is 5.91 Å². The first-order chi connectivity index (χ1) is 12.2. The van der Waals surface area contributed by atoms with Gasteiger partial charge in [0.1, 0.15) is 5.82 Å². The molecule has 0 atom stereocenters. The second kappa shape index (κ2) is 6.04. The van der Waals surface area contributed by atoms with Gasteiger partial charge in [-0.1, -0.05) is 5.16 Å². The number of aromatic nitrogens is 5. The summed E-state index contributed by atoms with van der Waals surface area (Å²) in [6.45, 7) is 1.85. The number of rotatable bonds is 4. The summed E-state index contributed by atoms with van der Waals surface area (Å²) in [4.78, 5) is 24.8.